The number of carbonyl (C=O) groups is 2. The van der Waals surface area contributed by atoms with Gasteiger partial charge in [-0.05, 0) is 35.9 Å². The molecule has 2 aromatic rings. The number of amides is 3. The van der Waals surface area contributed by atoms with Crippen molar-refractivity contribution < 1.29 is 22.4 Å². The molecule has 29 heavy (non-hydrogen) atoms. The average molecular weight is 422 g/mol. The molecule has 0 saturated carbocycles. The molecule has 4 N–H and O–H groups in total. The first kappa shape index (κ1) is 22.3. The summed E-state index contributed by atoms with van der Waals surface area (Å²) in [5.41, 5.74) is 6.32. The number of anilines is 1. The van der Waals surface area contributed by atoms with Crippen molar-refractivity contribution in [1.29, 1.82) is 0 Å². The normalized spacial score (nSPS) is 11.3. The van der Waals surface area contributed by atoms with Gasteiger partial charge in [-0.3, -0.25) is 4.79 Å². The Morgan fingerprint density at radius 2 is 1.69 bits per heavy atom. The Bertz CT molecular complexity index is 990. The van der Waals surface area contributed by atoms with Crippen molar-refractivity contribution >= 4 is 27.6 Å². The monoisotopic (exact) mass is 422 g/mol. The fourth-order valence-corrected chi connectivity index (χ4v) is 4.23. The van der Waals surface area contributed by atoms with Crippen LogP contribution in [0.1, 0.15) is 29.8 Å². The van der Waals surface area contributed by atoms with Crippen LogP contribution in [0.2, 0.25) is 0 Å². The molecule has 0 spiro atoms. The Morgan fingerprint density at radius 1 is 1.07 bits per heavy atom. The van der Waals surface area contributed by atoms with E-state index in [2.05, 4.69) is 10.6 Å². The van der Waals surface area contributed by atoms with Crippen LogP contribution in [0, 0.1) is 5.82 Å². The van der Waals surface area contributed by atoms with Gasteiger partial charge in [0.1, 0.15) is 10.7 Å². The summed E-state index contributed by atoms with van der Waals surface area (Å²) in [7, 11) is -4.04. The van der Waals surface area contributed by atoms with E-state index in [9.17, 15) is 22.4 Å². The molecule has 3 amide bonds. The summed E-state index contributed by atoms with van der Waals surface area (Å²) in [6.45, 7) is 3.84. The zero-order chi connectivity index (χ0) is 21.6. The number of benzene rings is 2. The number of nitrogens with one attached hydrogen (secondary N) is 2. The highest BCUT2D eigenvalue weighted by Crippen LogP contribution is 2.21. The van der Waals surface area contributed by atoms with Crippen molar-refractivity contribution in [1.82, 2.24) is 9.62 Å². The third kappa shape index (κ3) is 5.52. The van der Waals surface area contributed by atoms with E-state index in [0.29, 0.717) is 5.69 Å². The van der Waals surface area contributed by atoms with Crippen molar-refractivity contribution in [3.05, 3.63) is 59.4 Å². The van der Waals surface area contributed by atoms with E-state index >= 15 is 0 Å². The smallest absolute Gasteiger partial charge is 0.316 e. The predicted molar refractivity (Wildman–Crippen MR) is 107 cm³/mol. The number of urea groups is 1. The molecule has 2 aromatic carbocycles. The summed E-state index contributed by atoms with van der Waals surface area (Å²) in [4.78, 5) is 22.7. The zero-order valence-electron chi connectivity index (χ0n) is 16.1. The van der Waals surface area contributed by atoms with Gasteiger partial charge in [0, 0.05) is 30.9 Å². The number of hydrogen-bond acceptors (Lipinski definition) is 4. The largest absolute Gasteiger partial charge is 0.351 e. The van der Waals surface area contributed by atoms with Crippen molar-refractivity contribution in [3.8, 4) is 0 Å². The molecule has 0 aliphatic carbocycles. The summed E-state index contributed by atoms with van der Waals surface area (Å²) in [6.07, 6.45) is 0. The first-order chi connectivity index (χ1) is 13.7. The number of hydrogen-bond donors (Lipinski definition) is 3. The van der Waals surface area contributed by atoms with Crippen molar-refractivity contribution in [2.75, 3.05) is 18.4 Å². The van der Waals surface area contributed by atoms with E-state index in [-0.39, 0.29) is 25.2 Å². The third-order valence-corrected chi connectivity index (χ3v) is 6.26. The number of primary amides is 1. The Morgan fingerprint density at radius 3 is 2.24 bits per heavy atom. The molecule has 0 unspecified atom stereocenters. The quantitative estimate of drug-likeness (QED) is 0.604. The van der Waals surface area contributed by atoms with Crippen molar-refractivity contribution in [3.63, 3.8) is 0 Å². The summed E-state index contributed by atoms with van der Waals surface area (Å²) in [6, 6.07) is 9.17. The van der Waals surface area contributed by atoms with E-state index in [4.69, 9.17) is 5.73 Å². The second kappa shape index (κ2) is 9.48. The van der Waals surface area contributed by atoms with Crippen LogP contribution in [0.3, 0.4) is 0 Å². The highest BCUT2D eigenvalue weighted by molar-refractivity contribution is 7.89. The van der Waals surface area contributed by atoms with Crippen LogP contribution in [0.25, 0.3) is 0 Å². The third-order valence-electron chi connectivity index (χ3n) is 4.19. The van der Waals surface area contributed by atoms with Crippen LogP contribution in [-0.4, -0.2) is 37.8 Å². The summed E-state index contributed by atoms with van der Waals surface area (Å²) >= 11 is 0. The first-order valence-corrected chi connectivity index (χ1v) is 10.4. The number of nitrogens with zero attached hydrogens (tertiary/aromatic N) is 1. The fraction of sp³-hybridized carbons (Fsp3) is 0.263. The SMILES string of the molecule is CCN(CC)S(=O)(=O)c1cc(C(=O)NCc2ccc(NC(N)=O)cc2)ccc1F. The molecule has 2 rings (SSSR count). The molecule has 10 heteroatoms. The number of rotatable bonds is 8. The maximum absolute atomic E-state index is 14.2. The first-order valence-electron chi connectivity index (χ1n) is 8.92. The zero-order valence-corrected chi connectivity index (χ0v) is 16.9. The van der Waals surface area contributed by atoms with Gasteiger partial charge in [0.25, 0.3) is 5.91 Å². The van der Waals surface area contributed by atoms with E-state index in [0.717, 1.165) is 22.0 Å². The standard InChI is InChI=1S/C19H23FN4O4S/c1-3-24(4-2)29(27,28)17-11-14(7-10-16(17)20)18(25)22-12-13-5-8-15(9-6-13)23-19(21)26/h5-11H,3-4,12H2,1-2H3,(H,22,25)(H3,21,23,26). The maximum atomic E-state index is 14.2. The van der Waals surface area contributed by atoms with Gasteiger partial charge in [-0.25, -0.2) is 17.6 Å². The van der Waals surface area contributed by atoms with Crippen LogP contribution in [0.5, 0.6) is 0 Å². The topological polar surface area (TPSA) is 122 Å². The molecule has 0 bridgehead atoms. The number of carbonyl (C=O) groups excluding carboxylic acids is 2. The maximum Gasteiger partial charge on any atom is 0.316 e. The van der Waals surface area contributed by atoms with Crippen LogP contribution >= 0.6 is 0 Å². The lowest BCUT2D eigenvalue weighted by Crippen LogP contribution is -2.31. The highest BCUT2D eigenvalue weighted by Gasteiger charge is 2.26. The number of nitrogens with two attached hydrogens (primary N) is 1. The highest BCUT2D eigenvalue weighted by atomic mass is 32.2. The van der Waals surface area contributed by atoms with Crippen LogP contribution in [-0.2, 0) is 16.6 Å². The van der Waals surface area contributed by atoms with Gasteiger partial charge in [0.05, 0.1) is 0 Å². The Hall–Kier alpha value is -2.98. The molecule has 0 heterocycles. The van der Waals surface area contributed by atoms with Crippen LogP contribution in [0.4, 0.5) is 14.9 Å². The fourth-order valence-electron chi connectivity index (χ4n) is 2.68. The molecule has 0 fully saturated rings. The number of sulfonamides is 1. The average Bonchev–Trinajstić information content (AvgIpc) is 2.67. The van der Waals surface area contributed by atoms with Gasteiger partial charge in [0.15, 0.2) is 0 Å². The minimum absolute atomic E-state index is 0.0316. The van der Waals surface area contributed by atoms with Crippen molar-refractivity contribution in [2.45, 2.75) is 25.3 Å². The van der Waals surface area contributed by atoms with Crippen LogP contribution in [0.15, 0.2) is 47.4 Å². The van der Waals surface area contributed by atoms with E-state index in [1.165, 1.54) is 6.07 Å². The van der Waals surface area contributed by atoms with Gasteiger partial charge in [0.2, 0.25) is 10.0 Å². The van der Waals surface area contributed by atoms with Gasteiger partial charge in [-0.1, -0.05) is 26.0 Å². The minimum Gasteiger partial charge on any atom is -0.351 e. The van der Waals surface area contributed by atoms with Gasteiger partial charge in [-0.2, -0.15) is 4.31 Å². The van der Waals surface area contributed by atoms with Crippen LogP contribution < -0.4 is 16.4 Å². The lowest BCUT2D eigenvalue weighted by Gasteiger charge is -2.19. The van der Waals surface area contributed by atoms with Crippen molar-refractivity contribution in [2.24, 2.45) is 5.73 Å². The van der Waals surface area contributed by atoms with E-state index in [1.807, 2.05) is 0 Å². The Labute approximate surface area is 168 Å². The summed E-state index contributed by atoms with van der Waals surface area (Å²) in [5, 5.41) is 5.07. The summed E-state index contributed by atoms with van der Waals surface area (Å²) < 4.78 is 40.5. The molecule has 156 valence electrons. The lowest BCUT2D eigenvalue weighted by atomic mass is 10.1. The molecule has 0 aliphatic heterocycles. The van der Waals surface area contributed by atoms with Gasteiger partial charge in [-0.15, -0.1) is 0 Å². The molecule has 0 saturated heterocycles. The summed E-state index contributed by atoms with van der Waals surface area (Å²) in [5.74, 6) is -1.45. The minimum atomic E-state index is -4.04. The molecule has 0 radical (unpaired) electrons. The lowest BCUT2D eigenvalue weighted by molar-refractivity contribution is 0.0950. The Kier molecular flexibility index (Phi) is 7.29. The molecular formula is C19H23FN4O4S. The van der Waals surface area contributed by atoms with Gasteiger partial charge < -0.3 is 16.4 Å². The van der Waals surface area contributed by atoms with Gasteiger partial charge >= 0.3 is 6.03 Å². The second-order valence-electron chi connectivity index (χ2n) is 6.10. The molecule has 0 atom stereocenters. The molecule has 0 aromatic heterocycles. The molecule has 0 aliphatic rings. The van der Waals surface area contributed by atoms with E-state index in [1.54, 1.807) is 38.1 Å². The molecular weight excluding hydrogens is 399 g/mol. The predicted octanol–water partition coefficient (Wildman–Crippen LogP) is 2.28. The molecule has 8 nitrogen and oxygen atoms in total. The second-order valence-corrected chi connectivity index (χ2v) is 8.01. The Balaban J connectivity index is 2.14. The number of halogens is 1. The van der Waals surface area contributed by atoms with E-state index < -0.39 is 32.7 Å².